The fraction of sp³-hybridized carbons (Fsp3) is 0.120. The minimum Gasteiger partial charge on any atom is -0.329 e. The molecule has 0 unspecified atom stereocenters. The monoisotopic (exact) mass is 445 g/mol. The van der Waals surface area contributed by atoms with Crippen molar-refractivity contribution < 1.29 is 13.2 Å². The topological polar surface area (TPSA) is 80.5 Å². The molecule has 6 nitrogen and oxygen atoms in total. The number of benzene rings is 3. The summed E-state index contributed by atoms with van der Waals surface area (Å²) in [6.07, 6.45) is 1.83. The molecule has 7 heteroatoms. The average Bonchev–Trinajstić information content (AvgIpc) is 2.80. The third-order valence-corrected chi connectivity index (χ3v) is 6.47. The van der Waals surface area contributed by atoms with Crippen molar-refractivity contribution in [2.24, 2.45) is 4.99 Å². The maximum absolute atomic E-state index is 12.6. The van der Waals surface area contributed by atoms with E-state index in [1.165, 1.54) is 0 Å². The molecule has 0 fully saturated rings. The van der Waals surface area contributed by atoms with Gasteiger partial charge in [0.25, 0.3) is 0 Å². The number of hydrogen-bond donors (Lipinski definition) is 1. The molecular weight excluding hydrogens is 422 g/mol. The predicted molar refractivity (Wildman–Crippen MR) is 124 cm³/mol. The number of carbonyl (C=O) groups is 1. The molecule has 0 aliphatic heterocycles. The van der Waals surface area contributed by atoms with E-state index in [1.807, 2.05) is 77.5 Å². The Morgan fingerprint density at radius 1 is 0.844 bits per heavy atom. The van der Waals surface area contributed by atoms with Crippen molar-refractivity contribution in [3.05, 3.63) is 108 Å². The zero-order valence-corrected chi connectivity index (χ0v) is 18.2. The summed E-state index contributed by atoms with van der Waals surface area (Å²) in [4.78, 5) is 16.7. The van der Waals surface area contributed by atoms with E-state index in [4.69, 9.17) is 0 Å². The van der Waals surface area contributed by atoms with Crippen LogP contribution in [0.4, 0.5) is 0 Å². The minimum atomic E-state index is -3.72. The summed E-state index contributed by atoms with van der Waals surface area (Å²) < 4.78 is 29.6. The fourth-order valence-corrected chi connectivity index (χ4v) is 4.44. The lowest BCUT2D eigenvalue weighted by Gasteiger charge is -2.08. The van der Waals surface area contributed by atoms with Gasteiger partial charge in [0.2, 0.25) is 15.9 Å². The SMILES string of the molecule is O=C(CCNS(=O)(=O)c1ccc2ccccc2c1)N=c1ccccn1Cc1ccccc1. The molecule has 0 bridgehead atoms. The highest BCUT2D eigenvalue weighted by Gasteiger charge is 2.14. The van der Waals surface area contributed by atoms with Gasteiger partial charge in [0.1, 0.15) is 5.49 Å². The molecule has 0 radical (unpaired) electrons. The molecule has 0 saturated heterocycles. The Balaban J connectivity index is 1.42. The van der Waals surface area contributed by atoms with E-state index in [0.29, 0.717) is 12.0 Å². The Morgan fingerprint density at radius 3 is 2.38 bits per heavy atom. The molecule has 162 valence electrons. The van der Waals surface area contributed by atoms with Gasteiger partial charge in [0.15, 0.2) is 0 Å². The van der Waals surface area contributed by atoms with Crippen LogP contribution in [0.5, 0.6) is 0 Å². The second-order valence-corrected chi connectivity index (χ2v) is 9.10. The van der Waals surface area contributed by atoms with Crippen molar-refractivity contribution >= 4 is 26.7 Å². The van der Waals surface area contributed by atoms with Gasteiger partial charge in [-0.2, -0.15) is 4.99 Å². The van der Waals surface area contributed by atoms with E-state index in [1.54, 1.807) is 24.3 Å². The lowest BCUT2D eigenvalue weighted by molar-refractivity contribution is -0.117. The van der Waals surface area contributed by atoms with Crippen LogP contribution in [0.15, 0.2) is 107 Å². The predicted octanol–water partition coefficient (Wildman–Crippen LogP) is 3.49. The third kappa shape index (κ3) is 5.38. The summed E-state index contributed by atoms with van der Waals surface area (Å²) in [7, 11) is -3.72. The summed E-state index contributed by atoms with van der Waals surface area (Å²) >= 11 is 0. The first kappa shape index (κ1) is 21.7. The van der Waals surface area contributed by atoms with Gasteiger partial charge in [-0.05, 0) is 40.6 Å². The Labute approximate surface area is 186 Å². The molecule has 0 aliphatic rings. The normalized spacial score (nSPS) is 12.2. The quantitative estimate of drug-likeness (QED) is 0.473. The van der Waals surface area contributed by atoms with Gasteiger partial charge in [0.05, 0.1) is 4.90 Å². The molecule has 4 aromatic rings. The first-order valence-electron chi connectivity index (χ1n) is 10.3. The molecule has 0 aliphatic carbocycles. The first-order chi connectivity index (χ1) is 15.5. The van der Waals surface area contributed by atoms with E-state index >= 15 is 0 Å². The minimum absolute atomic E-state index is 0.0248. The maximum Gasteiger partial charge on any atom is 0.248 e. The number of carbonyl (C=O) groups excluding carboxylic acids is 1. The van der Waals surface area contributed by atoms with Crippen LogP contribution in [0.2, 0.25) is 0 Å². The Bertz CT molecular complexity index is 1410. The van der Waals surface area contributed by atoms with Crippen molar-refractivity contribution in [1.82, 2.24) is 9.29 Å². The van der Waals surface area contributed by atoms with Crippen LogP contribution < -0.4 is 10.2 Å². The Morgan fingerprint density at radius 2 is 1.56 bits per heavy atom. The molecular formula is C25H23N3O3S. The van der Waals surface area contributed by atoms with Crippen LogP contribution in [0.25, 0.3) is 10.8 Å². The van der Waals surface area contributed by atoms with E-state index in [2.05, 4.69) is 9.71 Å². The molecule has 0 atom stereocenters. The number of amides is 1. The van der Waals surface area contributed by atoms with Gasteiger partial charge in [-0.3, -0.25) is 4.79 Å². The second kappa shape index (κ2) is 9.72. The van der Waals surface area contributed by atoms with Crippen molar-refractivity contribution in [3.63, 3.8) is 0 Å². The van der Waals surface area contributed by atoms with Crippen LogP contribution in [0.3, 0.4) is 0 Å². The van der Waals surface area contributed by atoms with E-state index in [0.717, 1.165) is 16.3 Å². The van der Waals surface area contributed by atoms with Crippen LogP contribution in [0, 0.1) is 0 Å². The summed E-state index contributed by atoms with van der Waals surface area (Å²) in [6, 6.07) is 27.9. The molecule has 0 spiro atoms. The van der Waals surface area contributed by atoms with Crippen molar-refractivity contribution in [1.29, 1.82) is 0 Å². The molecule has 1 heterocycles. The van der Waals surface area contributed by atoms with Crippen LogP contribution in [-0.2, 0) is 21.4 Å². The van der Waals surface area contributed by atoms with E-state index in [9.17, 15) is 13.2 Å². The smallest absolute Gasteiger partial charge is 0.248 e. The van der Waals surface area contributed by atoms with Crippen LogP contribution in [0.1, 0.15) is 12.0 Å². The summed E-state index contributed by atoms with van der Waals surface area (Å²) in [6.45, 7) is 0.561. The Hall–Kier alpha value is -3.55. The molecule has 0 saturated carbocycles. The van der Waals surface area contributed by atoms with Gasteiger partial charge in [-0.1, -0.05) is 66.7 Å². The lowest BCUT2D eigenvalue weighted by Crippen LogP contribution is -2.27. The van der Waals surface area contributed by atoms with Gasteiger partial charge < -0.3 is 4.57 Å². The molecule has 4 rings (SSSR count). The maximum atomic E-state index is 12.6. The average molecular weight is 446 g/mol. The highest BCUT2D eigenvalue weighted by Crippen LogP contribution is 2.18. The van der Waals surface area contributed by atoms with Gasteiger partial charge in [-0.25, -0.2) is 13.1 Å². The number of fused-ring (bicyclic) bond motifs is 1. The molecule has 32 heavy (non-hydrogen) atoms. The van der Waals surface area contributed by atoms with Crippen molar-refractivity contribution in [3.8, 4) is 0 Å². The molecule has 3 aromatic carbocycles. The van der Waals surface area contributed by atoms with Gasteiger partial charge in [-0.15, -0.1) is 0 Å². The molecule has 1 N–H and O–H groups in total. The number of nitrogens with zero attached hydrogens (tertiary/aromatic N) is 2. The third-order valence-electron chi connectivity index (χ3n) is 5.01. The summed E-state index contributed by atoms with van der Waals surface area (Å²) in [5, 5.41) is 1.81. The summed E-state index contributed by atoms with van der Waals surface area (Å²) in [5.74, 6) is -0.390. The van der Waals surface area contributed by atoms with E-state index in [-0.39, 0.29) is 23.8 Å². The lowest BCUT2D eigenvalue weighted by atomic mass is 10.1. The summed E-state index contributed by atoms with van der Waals surface area (Å²) in [5.41, 5.74) is 1.62. The largest absolute Gasteiger partial charge is 0.329 e. The zero-order valence-electron chi connectivity index (χ0n) is 17.4. The standard InChI is InChI=1S/C25H23N3O3S/c29-25(27-24-12-6-7-17-28(24)19-20-8-2-1-3-9-20)15-16-26-32(30,31)23-14-13-21-10-4-5-11-22(21)18-23/h1-14,17-18,26H,15-16,19H2. The number of hydrogen-bond acceptors (Lipinski definition) is 3. The number of nitrogens with one attached hydrogen (secondary N) is 1. The number of sulfonamides is 1. The molecule has 1 amide bonds. The highest BCUT2D eigenvalue weighted by atomic mass is 32.2. The number of pyridine rings is 1. The van der Waals surface area contributed by atoms with E-state index < -0.39 is 10.0 Å². The fourth-order valence-electron chi connectivity index (χ4n) is 3.38. The van der Waals surface area contributed by atoms with Crippen molar-refractivity contribution in [2.45, 2.75) is 17.9 Å². The number of aromatic nitrogens is 1. The number of rotatable bonds is 7. The Kier molecular flexibility index (Phi) is 6.58. The molecule has 1 aromatic heterocycles. The van der Waals surface area contributed by atoms with Crippen LogP contribution in [-0.4, -0.2) is 25.4 Å². The second-order valence-electron chi connectivity index (χ2n) is 7.33. The van der Waals surface area contributed by atoms with Gasteiger partial charge >= 0.3 is 0 Å². The van der Waals surface area contributed by atoms with Crippen molar-refractivity contribution in [2.75, 3.05) is 6.54 Å². The van der Waals surface area contributed by atoms with Crippen LogP contribution >= 0.6 is 0 Å². The first-order valence-corrected chi connectivity index (χ1v) is 11.7. The van der Waals surface area contributed by atoms with Gasteiger partial charge in [0, 0.05) is 25.7 Å². The zero-order chi connectivity index (χ0) is 22.4. The highest BCUT2D eigenvalue weighted by molar-refractivity contribution is 7.89.